The summed E-state index contributed by atoms with van der Waals surface area (Å²) in [7, 11) is 1.56. The van der Waals surface area contributed by atoms with Gasteiger partial charge < -0.3 is 14.4 Å². The fourth-order valence-corrected chi connectivity index (χ4v) is 3.85. The summed E-state index contributed by atoms with van der Waals surface area (Å²) in [6.45, 7) is 0.771. The molecule has 7 nitrogen and oxygen atoms in total. The van der Waals surface area contributed by atoms with Crippen molar-refractivity contribution >= 4 is 33.7 Å². The fraction of sp³-hybridized carbons (Fsp3) is 0.286. The van der Waals surface area contributed by atoms with E-state index in [-0.39, 0.29) is 17.2 Å². The Bertz CT molecular complexity index is 743. The largest absolute Gasteiger partial charge is 0.539 e. The predicted molar refractivity (Wildman–Crippen MR) is 85.6 cm³/mol. The third kappa shape index (κ3) is 3.50. The van der Waals surface area contributed by atoms with E-state index in [9.17, 15) is 9.90 Å². The van der Waals surface area contributed by atoms with Gasteiger partial charge in [0.25, 0.3) is 0 Å². The van der Waals surface area contributed by atoms with E-state index >= 15 is 0 Å². The van der Waals surface area contributed by atoms with Crippen LogP contribution in [0, 0.1) is 0 Å². The minimum Gasteiger partial charge on any atom is -0.539 e. The Morgan fingerprint density at radius 2 is 2.26 bits per heavy atom. The van der Waals surface area contributed by atoms with Crippen LogP contribution in [0.1, 0.15) is 10.5 Å². The van der Waals surface area contributed by atoms with Gasteiger partial charge in [0.2, 0.25) is 11.5 Å². The van der Waals surface area contributed by atoms with Gasteiger partial charge in [0, 0.05) is 17.9 Å². The summed E-state index contributed by atoms with van der Waals surface area (Å²) >= 11 is 2.94. The van der Waals surface area contributed by atoms with E-state index in [0.717, 1.165) is 16.7 Å². The van der Waals surface area contributed by atoms with Crippen molar-refractivity contribution in [1.29, 1.82) is 0 Å². The summed E-state index contributed by atoms with van der Waals surface area (Å²) < 4.78 is 11.8. The molecule has 1 aliphatic rings. The zero-order chi connectivity index (χ0) is 16.2. The Kier molecular flexibility index (Phi) is 4.87. The molecule has 0 saturated heterocycles. The highest BCUT2D eigenvalue weighted by molar-refractivity contribution is 8.39. The van der Waals surface area contributed by atoms with Crippen LogP contribution in [0.2, 0.25) is 0 Å². The molecule has 0 saturated carbocycles. The number of methoxy groups -OCH3 is 1. The third-order valence-electron chi connectivity index (χ3n) is 3.08. The average molecular weight is 351 g/mol. The average Bonchev–Trinajstić information content (AvgIpc) is 3.22. The van der Waals surface area contributed by atoms with Crippen LogP contribution >= 0.6 is 23.5 Å². The highest BCUT2D eigenvalue weighted by atomic mass is 32.2. The van der Waals surface area contributed by atoms with Gasteiger partial charge in [0.15, 0.2) is 5.95 Å². The number of carbonyl (C=O) groups is 1. The number of aliphatic imine (C=N–C) groups is 1. The van der Waals surface area contributed by atoms with E-state index in [0.29, 0.717) is 11.4 Å². The number of aromatic nitrogens is 2. The minimum atomic E-state index is -0.743. The SMILES string of the molecule is COc1ccc(-[n+]2noc([O-])c2C(=O)CSC2=NCCS2)cc1. The van der Waals surface area contributed by atoms with Gasteiger partial charge in [0.1, 0.15) is 10.1 Å². The van der Waals surface area contributed by atoms with Gasteiger partial charge in [-0.25, -0.2) is 0 Å². The lowest BCUT2D eigenvalue weighted by molar-refractivity contribution is -0.672. The molecule has 0 bridgehead atoms. The van der Waals surface area contributed by atoms with Crippen molar-refractivity contribution in [1.82, 2.24) is 5.27 Å². The van der Waals surface area contributed by atoms with E-state index in [1.54, 1.807) is 43.1 Å². The summed E-state index contributed by atoms with van der Waals surface area (Å²) in [5, 5.41) is 15.5. The highest BCUT2D eigenvalue weighted by Crippen LogP contribution is 2.23. The van der Waals surface area contributed by atoms with Crippen molar-refractivity contribution in [3.63, 3.8) is 0 Å². The molecule has 0 radical (unpaired) electrons. The molecular weight excluding hydrogens is 338 g/mol. The molecule has 0 fully saturated rings. The van der Waals surface area contributed by atoms with Gasteiger partial charge in [-0.2, -0.15) is 0 Å². The molecule has 2 aromatic rings. The Hall–Kier alpha value is -2.00. The topological polar surface area (TPSA) is 91.6 Å². The monoisotopic (exact) mass is 351 g/mol. The zero-order valence-electron chi connectivity index (χ0n) is 12.2. The lowest BCUT2D eigenvalue weighted by Gasteiger charge is -2.00. The molecule has 9 heteroatoms. The molecule has 3 rings (SSSR count). The number of ketones is 1. The smallest absolute Gasteiger partial charge is 0.307 e. The van der Waals surface area contributed by atoms with Crippen LogP contribution in [0.25, 0.3) is 5.69 Å². The number of hydrogen-bond acceptors (Lipinski definition) is 8. The molecule has 120 valence electrons. The number of benzene rings is 1. The maximum atomic E-state index is 12.4. The van der Waals surface area contributed by atoms with Crippen LogP contribution in [0.15, 0.2) is 33.8 Å². The first-order valence-corrected chi connectivity index (χ1v) is 8.73. The molecular formula is C14H13N3O4S2. The quantitative estimate of drug-likeness (QED) is 0.587. The van der Waals surface area contributed by atoms with Crippen LogP contribution in [0.3, 0.4) is 0 Å². The molecule has 0 unspecified atom stereocenters. The Morgan fingerprint density at radius 3 is 2.91 bits per heavy atom. The van der Waals surface area contributed by atoms with E-state index < -0.39 is 5.95 Å². The van der Waals surface area contributed by atoms with Gasteiger partial charge >= 0.3 is 5.69 Å². The lowest BCUT2D eigenvalue weighted by atomic mass is 10.2. The van der Waals surface area contributed by atoms with Crippen molar-refractivity contribution in [3.8, 4) is 17.4 Å². The number of hydrogen-bond donors (Lipinski definition) is 0. The van der Waals surface area contributed by atoms with Gasteiger partial charge in [-0.1, -0.05) is 23.5 Å². The Labute approximate surface area is 140 Å². The molecule has 1 aromatic heterocycles. The predicted octanol–water partition coefficient (Wildman–Crippen LogP) is 1.05. The molecule has 0 atom stereocenters. The lowest BCUT2D eigenvalue weighted by Crippen LogP contribution is -2.39. The van der Waals surface area contributed by atoms with Crippen molar-refractivity contribution in [2.75, 3.05) is 25.2 Å². The van der Waals surface area contributed by atoms with Crippen LogP contribution in [0.5, 0.6) is 11.7 Å². The zero-order valence-corrected chi connectivity index (χ0v) is 13.9. The maximum absolute atomic E-state index is 12.4. The number of Topliss-reactive ketones (excluding diaryl/α,β-unsaturated/α-hetero) is 1. The van der Waals surface area contributed by atoms with Crippen molar-refractivity contribution in [2.24, 2.45) is 4.99 Å². The van der Waals surface area contributed by atoms with Crippen LogP contribution < -0.4 is 14.5 Å². The van der Waals surface area contributed by atoms with E-state index in [4.69, 9.17) is 4.74 Å². The summed E-state index contributed by atoms with van der Waals surface area (Å²) in [4.78, 5) is 16.6. The van der Waals surface area contributed by atoms with Crippen molar-refractivity contribution in [3.05, 3.63) is 30.0 Å². The summed E-state index contributed by atoms with van der Waals surface area (Å²) in [5.41, 5.74) is 0.462. The minimum absolute atomic E-state index is 0.0914. The number of ether oxygens (including phenoxy) is 1. The molecule has 0 aliphatic carbocycles. The van der Waals surface area contributed by atoms with Crippen LogP contribution in [-0.2, 0) is 0 Å². The molecule has 1 aliphatic heterocycles. The first kappa shape index (κ1) is 15.9. The second-order valence-electron chi connectivity index (χ2n) is 4.53. The molecule has 0 spiro atoms. The third-order valence-corrected chi connectivity index (χ3v) is 5.33. The van der Waals surface area contributed by atoms with E-state index in [2.05, 4.69) is 14.8 Å². The normalized spacial score (nSPS) is 13.9. The summed E-state index contributed by atoms with van der Waals surface area (Å²) in [6, 6.07) is 6.83. The molecule has 2 heterocycles. The molecule has 0 N–H and O–H groups in total. The second kappa shape index (κ2) is 7.05. The van der Waals surface area contributed by atoms with E-state index in [1.807, 2.05) is 0 Å². The number of nitrogens with zero attached hydrogens (tertiary/aromatic N) is 3. The molecule has 23 heavy (non-hydrogen) atoms. The van der Waals surface area contributed by atoms with Crippen molar-refractivity contribution < 1.29 is 23.8 Å². The fourth-order valence-electron chi connectivity index (χ4n) is 1.98. The first-order valence-electron chi connectivity index (χ1n) is 6.75. The summed E-state index contributed by atoms with van der Waals surface area (Å²) in [6.07, 6.45) is 0. The highest BCUT2D eigenvalue weighted by Gasteiger charge is 2.28. The number of carbonyl (C=O) groups excluding carboxylic acids is 1. The van der Waals surface area contributed by atoms with E-state index in [1.165, 1.54) is 16.4 Å². The van der Waals surface area contributed by atoms with Gasteiger partial charge in [-0.3, -0.25) is 9.79 Å². The van der Waals surface area contributed by atoms with Gasteiger partial charge in [-0.05, 0) is 16.8 Å². The summed E-state index contributed by atoms with van der Waals surface area (Å²) in [5.74, 6) is 0.639. The number of rotatable bonds is 5. The van der Waals surface area contributed by atoms with Crippen LogP contribution in [-0.4, -0.2) is 40.6 Å². The molecule has 1 aromatic carbocycles. The van der Waals surface area contributed by atoms with Gasteiger partial charge in [-0.15, -0.1) is 0 Å². The Balaban J connectivity index is 1.81. The second-order valence-corrected chi connectivity index (χ2v) is 6.83. The first-order chi connectivity index (χ1) is 11.2. The molecule has 0 amide bonds. The van der Waals surface area contributed by atoms with Crippen LogP contribution in [0.4, 0.5) is 0 Å². The van der Waals surface area contributed by atoms with Gasteiger partial charge in [0.05, 0.1) is 24.7 Å². The number of thioether (sulfide) groups is 2. The maximum Gasteiger partial charge on any atom is 0.307 e. The Morgan fingerprint density at radius 1 is 1.48 bits per heavy atom. The standard InChI is InChI=1S/C14H13N3O4S2/c1-20-10-4-2-9(3-5-10)17-12(13(19)21-16-17)11(18)8-23-14-15-6-7-22-14/h2-5H,6-8H2,1H3. The van der Waals surface area contributed by atoms with Crippen molar-refractivity contribution in [2.45, 2.75) is 0 Å².